The molecule has 3 N–H and O–H groups in total. The highest BCUT2D eigenvalue weighted by molar-refractivity contribution is 5.94. The van der Waals surface area contributed by atoms with Gasteiger partial charge >= 0.3 is 5.97 Å². The fourth-order valence-electron chi connectivity index (χ4n) is 1.62. The maximum Gasteiger partial charge on any atom is 0.328 e. The number of amides is 1. The van der Waals surface area contributed by atoms with Crippen LogP contribution in [0.15, 0.2) is 35.9 Å². The normalized spacial score (nSPS) is 11.2. The molecule has 0 fully saturated rings. The Kier molecular flexibility index (Phi) is 6.46. The third-order valence-electron chi connectivity index (χ3n) is 2.67. The van der Waals surface area contributed by atoms with Crippen molar-refractivity contribution in [1.82, 2.24) is 10.6 Å². The molecule has 1 rings (SSSR count). The van der Waals surface area contributed by atoms with Gasteiger partial charge in [0.2, 0.25) is 0 Å². The summed E-state index contributed by atoms with van der Waals surface area (Å²) in [5.41, 5.74) is 2.49. The van der Waals surface area contributed by atoms with E-state index in [1.54, 1.807) is 19.1 Å². The Morgan fingerprint density at radius 3 is 2.45 bits per heavy atom. The Hall–Kier alpha value is -2.14. The van der Waals surface area contributed by atoms with Crippen molar-refractivity contribution in [3.05, 3.63) is 47.0 Å². The van der Waals surface area contributed by atoms with E-state index in [0.29, 0.717) is 25.2 Å². The molecule has 0 atom stereocenters. The third-order valence-corrected chi connectivity index (χ3v) is 2.67. The molecule has 1 aromatic carbocycles. The van der Waals surface area contributed by atoms with Gasteiger partial charge < -0.3 is 15.7 Å². The van der Waals surface area contributed by atoms with Crippen molar-refractivity contribution in [3.8, 4) is 0 Å². The predicted octanol–water partition coefficient (Wildman–Crippen LogP) is 1.35. The molecule has 1 aromatic rings. The molecule has 1 amide bonds. The van der Waals surface area contributed by atoms with Gasteiger partial charge in [0.1, 0.15) is 0 Å². The zero-order chi connectivity index (χ0) is 15.0. The van der Waals surface area contributed by atoms with Crippen molar-refractivity contribution in [2.45, 2.75) is 13.8 Å². The van der Waals surface area contributed by atoms with E-state index < -0.39 is 5.97 Å². The maximum atomic E-state index is 11.8. The molecule has 0 aromatic heterocycles. The number of hydrogen-bond acceptors (Lipinski definition) is 3. The summed E-state index contributed by atoms with van der Waals surface area (Å²) < 4.78 is 0. The Morgan fingerprint density at radius 2 is 1.85 bits per heavy atom. The summed E-state index contributed by atoms with van der Waals surface area (Å²) in [7, 11) is 0. The molecule has 0 bridgehead atoms. The first kappa shape index (κ1) is 15.9. The van der Waals surface area contributed by atoms with E-state index in [2.05, 4.69) is 10.6 Å². The van der Waals surface area contributed by atoms with Crippen LogP contribution >= 0.6 is 0 Å². The lowest BCUT2D eigenvalue weighted by molar-refractivity contribution is -0.131. The Labute approximate surface area is 118 Å². The molecule has 0 spiro atoms. The van der Waals surface area contributed by atoms with Gasteiger partial charge in [-0.1, -0.05) is 23.3 Å². The predicted molar refractivity (Wildman–Crippen MR) is 77.8 cm³/mol. The Balaban J connectivity index is 2.23. The molecule has 20 heavy (non-hydrogen) atoms. The lowest BCUT2D eigenvalue weighted by atomic mass is 10.1. The molecule has 0 radical (unpaired) electrons. The largest absolute Gasteiger partial charge is 0.478 e. The van der Waals surface area contributed by atoms with Crippen LogP contribution in [0.4, 0.5) is 0 Å². The molecule has 0 heterocycles. The maximum absolute atomic E-state index is 11.8. The van der Waals surface area contributed by atoms with Crippen LogP contribution in [0.25, 0.3) is 0 Å². The van der Waals surface area contributed by atoms with Crippen LogP contribution < -0.4 is 10.6 Å². The van der Waals surface area contributed by atoms with E-state index in [4.69, 9.17) is 5.11 Å². The first-order valence-electron chi connectivity index (χ1n) is 6.44. The van der Waals surface area contributed by atoms with Crippen LogP contribution in [0.3, 0.4) is 0 Å². The molecule has 0 aliphatic carbocycles. The highest BCUT2D eigenvalue weighted by atomic mass is 16.4. The van der Waals surface area contributed by atoms with E-state index in [1.165, 1.54) is 0 Å². The number of carbonyl (C=O) groups is 2. The second kappa shape index (κ2) is 8.12. The minimum absolute atomic E-state index is 0.107. The highest BCUT2D eigenvalue weighted by Crippen LogP contribution is 2.02. The number of hydrogen-bond donors (Lipinski definition) is 3. The highest BCUT2D eigenvalue weighted by Gasteiger charge is 2.03. The molecular weight excluding hydrogens is 256 g/mol. The molecule has 0 unspecified atom stereocenters. The number of rotatable bonds is 7. The quantitative estimate of drug-likeness (QED) is 0.519. The molecule has 0 aliphatic heterocycles. The number of aryl methyl sites for hydroxylation is 1. The number of benzene rings is 1. The number of nitrogens with one attached hydrogen (secondary N) is 2. The van der Waals surface area contributed by atoms with Crippen molar-refractivity contribution >= 4 is 11.9 Å². The van der Waals surface area contributed by atoms with Crippen LogP contribution in [0, 0.1) is 6.92 Å². The molecular formula is C15H20N2O3. The minimum atomic E-state index is -0.947. The summed E-state index contributed by atoms with van der Waals surface area (Å²) in [5.74, 6) is -1.05. The second-order valence-corrected chi connectivity index (χ2v) is 4.63. The fourth-order valence-corrected chi connectivity index (χ4v) is 1.62. The van der Waals surface area contributed by atoms with Crippen LogP contribution in [0.1, 0.15) is 22.8 Å². The van der Waals surface area contributed by atoms with Gasteiger partial charge in [-0.15, -0.1) is 0 Å². The topological polar surface area (TPSA) is 78.4 Å². The summed E-state index contributed by atoms with van der Waals surface area (Å²) in [5, 5.41) is 14.4. The van der Waals surface area contributed by atoms with Crippen LogP contribution in [0.2, 0.25) is 0 Å². The number of aliphatic carboxylic acids is 1. The molecule has 0 saturated heterocycles. The summed E-state index contributed by atoms with van der Waals surface area (Å²) in [6, 6.07) is 7.37. The van der Waals surface area contributed by atoms with Gasteiger partial charge in [0.05, 0.1) is 0 Å². The fraction of sp³-hybridized carbons (Fsp3) is 0.333. The summed E-state index contributed by atoms with van der Waals surface area (Å²) in [4.78, 5) is 22.2. The van der Waals surface area contributed by atoms with Crippen molar-refractivity contribution in [2.24, 2.45) is 0 Å². The van der Waals surface area contributed by atoms with Gasteiger partial charge in [-0.05, 0) is 26.0 Å². The summed E-state index contributed by atoms with van der Waals surface area (Å²) >= 11 is 0. The van der Waals surface area contributed by atoms with Gasteiger partial charge in [-0.2, -0.15) is 0 Å². The standard InChI is InChI=1S/C15H20N2O3/c1-11-3-5-13(6-4-11)15(20)17-8-7-16-10-12(2)9-14(18)19/h3-6,9,16H,7-8,10H2,1-2H3,(H,17,20)(H,18,19)/b12-9-. The van der Waals surface area contributed by atoms with E-state index in [1.807, 2.05) is 19.1 Å². The van der Waals surface area contributed by atoms with Gasteiger partial charge in [0, 0.05) is 31.3 Å². The molecule has 108 valence electrons. The van der Waals surface area contributed by atoms with Crippen LogP contribution in [-0.4, -0.2) is 36.6 Å². The smallest absolute Gasteiger partial charge is 0.328 e. The van der Waals surface area contributed by atoms with E-state index in [-0.39, 0.29) is 5.91 Å². The minimum Gasteiger partial charge on any atom is -0.478 e. The molecule has 5 nitrogen and oxygen atoms in total. The molecule has 0 saturated carbocycles. The van der Waals surface area contributed by atoms with Crippen molar-refractivity contribution in [3.63, 3.8) is 0 Å². The number of carboxylic acid groups (broad SMARTS) is 1. The zero-order valence-corrected chi connectivity index (χ0v) is 11.8. The van der Waals surface area contributed by atoms with E-state index in [9.17, 15) is 9.59 Å². The molecule has 0 aliphatic rings. The zero-order valence-electron chi connectivity index (χ0n) is 11.8. The third kappa shape index (κ3) is 6.15. The average Bonchev–Trinajstić information content (AvgIpc) is 2.38. The first-order valence-corrected chi connectivity index (χ1v) is 6.44. The summed E-state index contributed by atoms with van der Waals surface area (Å²) in [6.45, 7) is 5.28. The average molecular weight is 276 g/mol. The first-order chi connectivity index (χ1) is 9.49. The van der Waals surface area contributed by atoms with Crippen LogP contribution in [-0.2, 0) is 4.79 Å². The molecule has 5 heteroatoms. The van der Waals surface area contributed by atoms with Gasteiger partial charge in [0.15, 0.2) is 0 Å². The Bertz CT molecular complexity index is 492. The van der Waals surface area contributed by atoms with Crippen LogP contribution in [0.5, 0.6) is 0 Å². The summed E-state index contributed by atoms with van der Waals surface area (Å²) in [6.07, 6.45) is 1.16. The van der Waals surface area contributed by atoms with Crippen molar-refractivity contribution in [2.75, 3.05) is 19.6 Å². The number of carbonyl (C=O) groups excluding carboxylic acids is 1. The van der Waals surface area contributed by atoms with Gasteiger partial charge in [0.25, 0.3) is 5.91 Å². The van der Waals surface area contributed by atoms with E-state index >= 15 is 0 Å². The lowest BCUT2D eigenvalue weighted by Crippen LogP contribution is -2.32. The lowest BCUT2D eigenvalue weighted by Gasteiger charge is -2.07. The van der Waals surface area contributed by atoms with E-state index in [0.717, 1.165) is 17.2 Å². The van der Waals surface area contributed by atoms with Gasteiger partial charge in [-0.3, -0.25) is 4.79 Å². The monoisotopic (exact) mass is 276 g/mol. The van der Waals surface area contributed by atoms with Crippen molar-refractivity contribution < 1.29 is 14.7 Å². The second-order valence-electron chi connectivity index (χ2n) is 4.63. The van der Waals surface area contributed by atoms with Crippen molar-refractivity contribution in [1.29, 1.82) is 0 Å². The Morgan fingerprint density at radius 1 is 1.20 bits per heavy atom. The van der Waals surface area contributed by atoms with Gasteiger partial charge in [-0.25, -0.2) is 4.79 Å². The number of carboxylic acids is 1. The SMILES string of the molecule is C/C(=C/C(=O)O)CNCCNC(=O)c1ccc(C)cc1.